The van der Waals surface area contributed by atoms with Crippen molar-refractivity contribution in [3.05, 3.63) is 102 Å². The van der Waals surface area contributed by atoms with E-state index in [-0.39, 0.29) is 11.9 Å². The van der Waals surface area contributed by atoms with Crippen LogP contribution < -0.4 is 0 Å². The zero-order chi connectivity index (χ0) is 24.3. The van der Waals surface area contributed by atoms with Crippen LogP contribution in [0.25, 0.3) is 22.4 Å². The third kappa shape index (κ3) is 4.42. The molecule has 6 rings (SSSR count). The summed E-state index contributed by atoms with van der Waals surface area (Å²) in [6.45, 7) is 1.38. The van der Waals surface area contributed by atoms with E-state index in [4.69, 9.17) is 4.42 Å². The maximum Gasteiger partial charge on any atom is 0.233 e. The molecule has 180 valence electrons. The average molecular weight is 495 g/mol. The van der Waals surface area contributed by atoms with Gasteiger partial charge in [-0.2, -0.15) is 0 Å². The lowest BCUT2D eigenvalue weighted by molar-refractivity contribution is -0.129. The van der Waals surface area contributed by atoms with Crippen LogP contribution in [0.4, 0.5) is 0 Å². The summed E-state index contributed by atoms with van der Waals surface area (Å²) in [6, 6.07) is 28.8. The van der Waals surface area contributed by atoms with E-state index < -0.39 is 0 Å². The van der Waals surface area contributed by atoms with Gasteiger partial charge in [-0.3, -0.25) is 9.36 Å². The maximum absolute atomic E-state index is 13.5. The fourth-order valence-electron chi connectivity index (χ4n) is 5.03. The van der Waals surface area contributed by atoms with Crippen molar-refractivity contribution in [2.75, 3.05) is 12.3 Å². The van der Waals surface area contributed by atoms with Gasteiger partial charge in [-0.1, -0.05) is 84.6 Å². The van der Waals surface area contributed by atoms with E-state index in [0.717, 1.165) is 24.9 Å². The van der Waals surface area contributed by atoms with Gasteiger partial charge >= 0.3 is 0 Å². The van der Waals surface area contributed by atoms with Crippen LogP contribution >= 0.6 is 11.8 Å². The summed E-state index contributed by atoms with van der Waals surface area (Å²) < 4.78 is 7.63. The molecule has 1 fully saturated rings. The molecule has 2 aromatic heterocycles. The largest absolute Gasteiger partial charge is 0.461 e. The van der Waals surface area contributed by atoms with Crippen molar-refractivity contribution >= 4 is 28.4 Å². The summed E-state index contributed by atoms with van der Waals surface area (Å²) in [5, 5.41) is 12.0. The number of aromatic nitrogens is 3. The molecule has 3 heterocycles. The van der Waals surface area contributed by atoms with E-state index in [1.165, 1.54) is 28.1 Å². The first-order valence-corrected chi connectivity index (χ1v) is 13.2. The van der Waals surface area contributed by atoms with Crippen molar-refractivity contribution in [1.82, 2.24) is 19.7 Å². The fraction of sp³-hybridized carbons (Fsp3) is 0.207. The molecule has 1 unspecified atom stereocenters. The number of fused-ring (bicyclic) bond motifs is 1. The highest BCUT2D eigenvalue weighted by atomic mass is 32.2. The lowest BCUT2D eigenvalue weighted by atomic mass is 9.97. The highest BCUT2D eigenvalue weighted by molar-refractivity contribution is 7.99. The summed E-state index contributed by atoms with van der Waals surface area (Å²) in [5.41, 5.74) is 2.37. The number of carbonyl (C=O) groups is 1. The molecule has 1 aliphatic heterocycles. The number of thioether (sulfide) groups is 1. The Kier molecular flexibility index (Phi) is 6.30. The van der Waals surface area contributed by atoms with Crippen molar-refractivity contribution < 1.29 is 9.21 Å². The summed E-state index contributed by atoms with van der Waals surface area (Å²) >= 11 is 1.44. The van der Waals surface area contributed by atoms with Crippen LogP contribution in [0.2, 0.25) is 0 Å². The van der Waals surface area contributed by atoms with E-state index in [9.17, 15) is 4.79 Å². The Morgan fingerprint density at radius 2 is 1.78 bits per heavy atom. The van der Waals surface area contributed by atoms with Crippen LogP contribution in [0.15, 0.2) is 101 Å². The van der Waals surface area contributed by atoms with Gasteiger partial charge in [-0.15, -0.1) is 10.2 Å². The molecule has 0 N–H and O–H groups in total. The van der Waals surface area contributed by atoms with E-state index in [1.54, 1.807) is 6.26 Å². The number of hydrogen-bond donors (Lipinski definition) is 0. The quantitative estimate of drug-likeness (QED) is 0.252. The van der Waals surface area contributed by atoms with Crippen LogP contribution in [-0.4, -0.2) is 37.9 Å². The van der Waals surface area contributed by atoms with E-state index >= 15 is 0 Å². The Morgan fingerprint density at radius 3 is 2.64 bits per heavy atom. The monoisotopic (exact) mass is 494 g/mol. The molecule has 1 saturated heterocycles. The zero-order valence-electron chi connectivity index (χ0n) is 19.8. The van der Waals surface area contributed by atoms with Crippen LogP contribution in [0.5, 0.6) is 0 Å². The van der Waals surface area contributed by atoms with Crippen LogP contribution in [-0.2, 0) is 11.3 Å². The first-order chi connectivity index (χ1) is 17.8. The van der Waals surface area contributed by atoms with Crippen LogP contribution in [0.1, 0.15) is 30.0 Å². The topological polar surface area (TPSA) is 64.2 Å². The molecule has 0 aliphatic carbocycles. The molecule has 0 bridgehead atoms. The molecular formula is C29H26N4O2S. The Labute approximate surface area is 213 Å². The molecular weight excluding hydrogens is 468 g/mol. The molecule has 0 radical (unpaired) electrons. The highest BCUT2D eigenvalue weighted by Gasteiger charge is 2.31. The van der Waals surface area contributed by atoms with Gasteiger partial charge in [-0.25, -0.2) is 0 Å². The summed E-state index contributed by atoms with van der Waals surface area (Å²) in [6.07, 6.45) is 3.63. The first-order valence-electron chi connectivity index (χ1n) is 12.2. The molecule has 0 spiro atoms. The Bertz CT molecular complexity index is 1470. The maximum atomic E-state index is 13.5. The first kappa shape index (κ1) is 22.6. The third-order valence-corrected chi connectivity index (χ3v) is 7.67. The lowest BCUT2D eigenvalue weighted by Crippen LogP contribution is -2.32. The van der Waals surface area contributed by atoms with Crippen molar-refractivity contribution in [3.63, 3.8) is 0 Å². The molecule has 3 aromatic carbocycles. The second-order valence-electron chi connectivity index (χ2n) is 8.96. The number of rotatable bonds is 7. The molecule has 1 atom stereocenters. The van der Waals surface area contributed by atoms with Gasteiger partial charge in [0, 0.05) is 6.54 Å². The standard InChI is InChI=1S/C29H26N4O2S/c34-27(32-17-7-15-25(32)24-14-6-12-22-11-4-5-13-23(22)24)20-36-29-31-30-28(26-16-8-18-35-26)33(29)19-21-9-2-1-3-10-21/h1-6,8-14,16,18,25H,7,15,17,19-20H2. The van der Waals surface area contributed by atoms with Crippen LogP contribution in [0, 0.1) is 0 Å². The normalized spacial score (nSPS) is 15.6. The summed E-state index contributed by atoms with van der Waals surface area (Å²) in [7, 11) is 0. The van der Waals surface area contributed by atoms with Crippen molar-refractivity contribution in [1.29, 1.82) is 0 Å². The lowest BCUT2D eigenvalue weighted by Gasteiger charge is -2.26. The van der Waals surface area contributed by atoms with Gasteiger partial charge in [0.1, 0.15) is 0 Å². The van der Waals surface area contributed by atoms with E-state index in [1.807, 2.05) is 39.8 Å². The number of hydrogen-bond acceptors (Lipinski definition) is 5. The smallest absolute Gasteiger partial charge is 0.233 e. The van der Waals surface area contributed by atoms with Gasteiger partial charge in [0.05, 0.1) is 24.6 Å². The second kappa shape index (κ2) is 10.0. The predicted molar refractivity (Wildman–Crippen MR) is 142 cm³/mol. The molecule has 5 aromatic rings. The minimum Gasteiger partial charge on any atom is -0.461 e. The minimum absolute atomic E-state index is 0.102. The molecule has 36 heavy (non-hydrogen) atoms. The zero-order valence-corrected chi connectivity index (χ0v) is 20.6. The summed E-state index contributed by atoms with van der Waals surface area (Å²) in [5.74, 6) is 1.76. The van der Waals surface area contributed by atoms with E-state index in [0.29, 0.717) is 29.0 Å². The Balaban J connectivity index is 1.23. The van der Waals surface area contributed by atoms with Gasteiger partial charge in [0.2, 0.25) is 11.7 Å². The van der Waals surface area contributed by atoms with Crippen molar-refractivity contribution in [2.24, 2.45) is 0 Å². The second-order valence-corrected chi connectivity index (χ2v) is 9.90. The van der Waals surface area contributed by atoms with Gasteiger partial charge < -0.3 is 9.32 Å². The van der Waals surface area contributed by atoms with E-state index in [2.05, 4.69) is 64.8 Å². The SMILES string of the molecule is O=C(CSc1nnc(-c2ccco2)n1Cc1ccccc1)N1CCCC1c1cccc2ccccc12. The molecule has 6 nitrogen and oxygen atoms in total. The number of nitrogens with zero attached hydrogens (tertiary/aromatic N) is 4. The Hall–Kier alpha value is -3.84. The highest BCUT2D eigenvalue weighted by Crippen LogP contribution is 2.36. The van der Waals surface area contributed by atoms with Gasteiger partial charge in [-0.05, 0) is 46.9 Å². The molecule has 0 saturated carbocycles. The fourth-order valence-corrected chi connectivity index (χ4v) is 5.85. The van der Waals surface area contributed by atoms with Crippen molar-refractivity contribution in [3.8, 4) is 11.6 Å². The number of amides is 1. The van der Waals surface area contributed by atoms with Crippen LogP contribution in [0.3, 0.4) is 0 Å². The van der Waals surface area contributed by atoms with Gasteiger partial charge in [0.25, 0.3) is 0 Å². The number of carbonyl (C=O) groups excluding carboxylic acids is 1. The Morgan fingerprint density at radius 1 is 0.944 bits per heavy atom. The number of likely N-dealkylation sites (tertiary alicyclic amines) is 1. The molecule has 7 heteroatoms. The number of furan rings is 1. The van der Waals surface area contributed by atoms with Gasteiger partial charge in [0.15, 0.2) is 10.9 Å². The average Bonchev–Trinajstić information content (AvgIpc) is 3.69. The third-order valence-electron chi connectivity index (χ3n) is 6.72. The number of benzene rings is 3. The summed E-state index contributed by atoms with van der Waals surface area (Å²) in [4.78, 5) is 15.5. The minimum atomic E-state index is 0.102. The molecule has 1 amide bonds. The van der Waals surface area contributed by atoms with Crippen molar-refractivity contribution in [2.45, 2.75) is 30.6 Å². The molecule has 1 aliphatic rings. The predicted octanol–water partition coefficient (Wildman–Crippen LogP) is 6.20.